The summed E-state index contributed by atoms with van der Waals surface area (Å²) in [5, 5.41) is 0. The van der Waals surface area contributed by atoms with Gasteiger partial charge in [0.05, 0.1) is 5.92 Å². The van der Waals surface area contributed by atoms with Crippen LogP contribution in [0.4, 0.5) is 18.0 Å². The van der Waals surface area contributed by atoms with Crippen LogP contribution < -0.4 is 0 Å². The molecule has 2 saturated carbocycles. The van der Waals surface area contributed by atoms with Crippen LogP contribution in [0.15, 0.2) is 30.3 Å². The molecule has 0 aromatic heterocycles. The second kappa shape index (κ2) is 8.54. The van der Waals surface area contributed by atoms with E-state index in [0.717, 1.165) is 25.8 Å². The second-order valence-electron chi connectivity index (χ2n) is 11.0. The van der Waals surface area contributed by atoms with E-state index in [2.05, 4.69) is 17.0 Å². The van der Waals surface area contributed by atoms with Crippen molar-refractivity contribution in [1.82, 2.24) is 9.80 Å². The van der Waals surface area contributed by atoms with Gasteiger partial charge in [-0.2, -0.15) is 13.2 Å². The minimum Gasteiger partial charge on any atom is -0.444 e. The third-order valence-electron chi connectivity index (χ3n) is 7.09. The Morgan fingerprint density at radius 2 is 1.75 bits per heavy atom. The number of nitrogens with zero attached hydrogens (tertiary/aromatic N) is 2. The van der Waals surface area contributed by atoms with E-state index in [-0.39, 0.29) is 30.4 Å². The molecule has 1 heterocycles. The van der Waals surface area contributed by atoms with Gasteiger partial charge in [-0.15, -0.1) is 0 Å². The summed E-state index contributed by atoms with van der Waals surface area (Å²) in [6.07, 6.45) is -1.07. The van der Waals surface area contributed by atoms with E-state index in [9.17, 15) is 18.0 Å². The highest BCUT2D eigenvalue weighted by atomic mass is 19.4. The number of ether oxygens (including phenoxy) is 1. The van der Waals surface area contributed by atoms with Gasteiger partial charge in [0, 0.05) is 30.5 Å². The van der Waals surface area contributed by atoms with Gasteiger partial charge in [0.1, 0.15) is 5.60 Å². The molecule has 0 N–H and O–H groups in total. The fourth-order valence-corrected chi connectivity index (χ4v) is 5.02. The van der Waals surface area contributed by atoms with Gasteiger partial charge in [0.2, 0.25) is 0 Å². The summed E-state index contributed by atoms with van der Waals surface area (Å²) in [6.45, 7) is 7.98. The second-order valence-corrected chi connectivity index (χ2v) is 11.0. The number of amides is 1. The van der Waals surface area contributed by atoms with Gasteiger partial charge in [-0.3, -0.25) is 0 Å². The molecule has 3 aliphatic rings. The molecule has 2 atom stereocenters. The van der Waals surface area contributed by atoms with E-state index in [1.807, 2.05) is 43.9 Å². The molecule has 2 aliphatic carbocycles. The Hall–Kier alpha value is -1.76. The number of rotatable bonds is 6. The van der Waals surface area contributed by atoms with Crippen molar-refractivity contribution in [3.63, 3.8) is 0 Å². The minimum absolute atomic E-state index is 0.0220. The normalized spacial score (nSPS) is 25.9. The van der Waals surface area contributed by atoms with Gasteiger partial charge < -0.3 is 14.5 Å². The van der Waals surface area contributed by atoms with Crippen LogP contribution in [0.5, 0.6) is 0 Å². The summed E-state index contributed by atoms with van der Waals surface area (Å²) in [4.78, 5) is 17.2. The van der Waals surface area contributed by atoms with Crippen molar-refractivity contribution in [3.8, 4) is 0 Å². The smallest absolute Gasteiger partial charge is 0.410 e. The number of halogens is 3. The minimum atomic E-state index is -4.09. The molecule has 0 bridgehead atoms. The number of hydrogen-bond acceptors (Lipinski definition) is 3. The average molecular weight is 453 g/mol. The first kappa shape index (κ1) is 23.4. The molecule has 178 valence electrons. The highest BCUT2D eigenvalue weighted by Crippen LogP contribution is 2.52. The van der Waals surface area contributed by atoms with Crippen molar-refractivity contribution in [2.75, 3.05) is 26.2 Å². The zero-order valence-electron chi connectivity index (χ0n) is 19.3. The topological polar surface area (TPSA) is 32.8 Å². The molecule has 3 fully saturated rings. The predicted molar refractivity (Wildman–Crippen MR) is 117 cm³/mol. The number of likely N-dealkylation sites (tertiary alicyclic amines) is 1. The molecule has 1 amide bonds. The first-order chi connectivity index (χ1) is 15.0. The van der Waals surface area contributed by atoms with Gasteiger partial charge in [-0.25, -0.2) is 4.79 Å². The van der Waals surface area contributed by atoms with Crippen molar-refractivity contribution in [3.05, 3.63) is 35.9 Å². The van der Waals surface area contributed by atoms with Gasteiger partial charge in [0.15, 0.2) is 0 Å². The summed E-state index contributed by atoms with van der Waals surface area (Å²) in [5.74, 6) is -0.854. The zero-order chi connectivity index (χ0) is 23.1. The summed E-state index contributed by atoms with van der Waals surface area (Å²) in [7, 11) is 0. The lowest BCUT2D eigenvalue weighted by Crippen LogP contribution is -2.46. The molecular weight excluding hydrogens is 417 g/mol. The third-order valence-corrected chi connectivity index (χ3v) is 7.09. The number of carbonyl (C=O) groups excluding carboxylic acids is 1. The molecular formula is C25H35F3N2O2. The monoisotopic (exact) mass is 452 g/mol. The lowest BCUT2D eigenvalue weighted by molar-refractivity contribution is -0.185. The van der Waals surface area contributed by atoms with Crippen LogP contribution >= 0.6 is 0 Å². The average Bonchev–Trinajstić information content (AvgIpc) is 3.62. The summed E-state index contributed by atoms with van der Waals surface area (Å²) in [6, 6.07) is 10.4. The summed E-state index contributed by atoms with van der Waals surface area (Å²) >= 11 is 0. The van der Waals surface area contributed by atoms with E-state index in [0.29, 0.717) is 25.6 Å². The van der Waals surface area contributed by atoms with Gasteiger partial charge >= 0.3 is 12.3 Å². The maximum atomic E-state index is 13.1. The van der Waals surface area contributed by atoms with Crippen molar-refractivity contribution in [1.29, 1.82) is 0 Å². The molecule has 1 unspecified atom stereocenters. The van der Waals surface area contributed by atoms with E-state index < -0.39 is 17.7 Å². The molecule has 1 aromatic carbocycles. The molecule has 1 saturated heterocycles. The van der Waals surface area contributed by atoms with Crippen LogP contribution in [0.3, 0.4) is 0 Å². The Labute approximate surface area is 189 Å². The van der Waals surface area contributed by atoms with Gasteiger partial charge in [-0.05, 0) is 71.5 Å². The summed E-state index contributed by atoms with van der Waals surface area (Å²) in [5.41, 5.74) is 0.652. The van der Waals surface area contributed by atoms with E-state index >= 15 is 0 Å². The molecule has 1 aromatic rings. The van der Waals surface area contributed by atoms with Gasteiger partial charge in [0.25, 0.3) is 0 Å². The lowest BCUT2D eigenvalue weighted by atomic mass is 9.94. The fraction of sp³-hybridized carbons (Fsp3) is 0.720. The molecule has 1 aliphatic heterocycles. The van der Waals surface area contributed by atoms with Crippen LogP contribution in [0.1, 0.15) is 64.4 Å². The largest absolute Gasteiger partial charge is 0.444 e. The Morgan fingerprint density at radius 3 is 2.28 bits per heavy atom. The van der Waals surface area contributed by atoms with Gasteiger partial charge in [-0.1, -0.05) is 30.3 Å². The number of piperidine rings is 1. The van der Waals surface area contributed by atoms with Crippen molar-refractivity contribution < 1.29 is 22.7 Å². The molecule has 32 heavy (non-hydrogen) atoms. The SMILES string of the molecule is CC(C)(C)OC(=O)N(CC1(CN2CCC(C(F)(F)F)CC2)CC1)[C@H]1CC1c1ccccc1. The highest BCUT2D eigenvalue weighted by molar-refractivity contribution is 5.69. The predicted octanol–water partition coefficient (Wildman–Crippen LogP) is 5.83. The van der Waals surface area contributed by atoms with Crippen molar-refractivity contribution in [2.45, 2.75) is 76.6 Å². The first-order valence-corrected chi connectivity index (χ1v) is 11.8. The third kappa shape index (κ3) is 5.77. The fourth-order valence-electron chi connectivity index (χ4n) is 5.02. The maximum absolute atomic E-state index is 13.1. The number of alkyl halides is 3. The molecule has 4 nitrogen and oxygen atoms in total. The Bertz CT molecular complexity index is 794. The zero-order valence-corrected chi connectivity index (χ0v) is 19.3. The molecule has 7 heteroatoms. The maximum Gasteiger partial charge on any atom is 0.410 e. The number of hydrogen-bond donors (Lipinski definition) is 0. The molecule has 0 spiro atoms. The van der Waals surface area contributed by atoms with E-state index in [4.69, 9.17) is 4.74 Å². The Kier molecular flexibility index (Phi) is 6.25. The van der Waals surface area contributed by atoms with Crippen LogP contribution in [-0.4, -0.2) is 59.9 Å². The first-order valence-electron chi connectivity index (χ1n) is 11.8. The quantitative estimate of drug-likeness (QED) is 0.544. The molecule has 0 radical (unpaired) electrons. The Balaban J connectivity index is 1.40. The standard InChI is InChI=1S/C25H35F3N2O2/c1-23(2,3)32-22(31)30(21-15-20(21)18-7-5-4-6-8-18)17-24(11-12-24)16-29-13-9-19(10-14-29)25(26,27)28/h4-8,19-21H,9-17H2,1-3H3/t20?,21-/m0/s1. The van der Waals surface area contributed by atoms with E-state index in [1.54, 1.807) is 0 Å². The Morgan fingerprint density at radius 1 is 1.12 bits per heavy atom. The van der Waals surface area contributed by atoms with Crippen LogP contribution in [0.2, 0.25) is 0 Å². The van der Waals surface area contributed by atoms with Crippen LogP contribution in [0.25, 0.3) is 0 Å². The highest BCUT2D eigenvalue weighted by Gasteiger charge is 2.53. The van der Waals surface area contributed by atoms with E-state index in [1.165, 1.54) is 5.56 Å². The molecule has 4 rings (SSSR count). The van der Waals surface area contributed by atoms with Crippen LogP contribution in [0, 0.1) is 11.3 Å². The number of benzene rings is 1. The lowest BCUT2D eigenvalue weighted by Gasteiger charge is -2.37. The van der Waals surface area contributed by atoms with Crippen molar-refractivity contribution >= 4 is 6.09 Å². The van der Waals surface area contributed by atoms with Crippen LogP contribution in [-0.2, 0) is 4.74 Å². The number of carbonyl (C=O) groups is 1. The van der Waals surface area contributed by atoms with Crippen molar-refractivity contribution in [2.24, 2.45) is 11.3 Å². The summed E-state index contributed by atoms with van der Waals surface area (Å²) < 4.78 is 44.8.